The summed E-state index contributed by atoms with van der Waals surface area (Å²) in [6.07, 6.45) is -0.429. The number of benzene rings is 1. The van der Waals surface area contributed by atoms with Gasteiger partial charge in [-0.15, -0.1) is 12.4 Å². The van der Waals surface area contributed by atoms with Crippen LogP contribution in [-0.2, 0) is 6.61 Å². The maximum Gasteiger partial charge on any atom is 0.287 e. The zero-order chi connectivity index (χ0) is 17.6. The number of rotatable bonds is 7. The van der Waals surface area contributed by atoms with E-state index in [1.165, 1.54) is 0 Å². The lowest BCUT2D eigenvalue weighted by Crippen LogP contribution is -2.34. The Morgan fingerprint density at radius 2 is 2.04 bits per heavy atom. The highest BCUT2D eigenvalue weighted by Gasteiger charge is 2.25. The Morgan fingerprint density at radius 3 is 2.73 bits per heavy atom. The normalized spacial score (nSPS) is 18.8. The summed E-state index contributed by atoms with van der Waals surface area (Å²) in [4.78, 5) is 12.1. The molecule has 0 radical (unpaired) electrons. The lowest BCUT2D eigenvalue weighted by atomic mass is 10.1. The van der Waals surface area contributed by atoms with Gasteiger partial charge in [0.1, 0.15) is 12.4 Å². The van der Waals surface area contributed by atoms with E-state index in [4.69, 9.17) is 13.9 Å². The standard InChI is InChI=1S/C18H22N2O5.ClH/c1-23-15-4-2-3-5-16(15)24-11-13-6-7-17(25-13)18(22)20-9-12-8-19-10-14(12)21;/h2-7,12,14,19,21H,8-11H2,1H3,(H,20,22);1H. The van der Waals surface area contributed by atoms with E-state index in [0.29, 0.717) is 36.9 Å². The van der Waals surface area contributed by atoms with Gasteiger partial charge in [0, 0.05) is 25.6 Å². The summed E-state index contributed by atoms with van der Waals surface area (Å²) < 4.78 is 16.4. The third-order valence-electron chi connectivity index (χ3n) is 4.15. The number of nitrogens with one attached hydrogen (secondary N) is 2. The van der Waals surface area contributed by atoms with Crippen LogP contribution in [0.5, 0.6) is 11.5 Å². The number of aliphatic hydroxyl groups is 1. The van der Waals surface area contributed by atoms with Crippen molar-refractivity contribution < 1.29 is 23.8 Å². The maximum atomic E-state index is 12.1. The molecule has 1 aromatic carbocycles. The number of β-amino-alcohol motifs (C(OH)–C–C–N with tert-alkyl or cyclic N) is 1. The SMILES string of the molecule is COc1ccccc1OCc1ccc(C(=O)NCC2CNCC2O)o1.Cl. The molecule has 0 aliphatic carbocycles. The monoisotopic (exact) mass is 382 g/mol. The minimum atomic E-state index is -0.429. The number of aliphatic hydroxyl groups excluding tert-OH is 1. The van der Waals surface area contributed by atoms with Gasteiger partial charge in [0.15, 0.2) is 17.3 Å². The van der Waals surface area contributed by atoms with Crippen LogP contribution in [0.1, 0.15) is 16.3 Å². The van der Waals surface area contributed by atoms with Crippen LogP contribution in [-0.4, -0.2) is 43.9 Å². The third kappa shape index (κ3) is 4.91. The Labute approximate surface area is 158 Å². The van der Waals surface area contributed by atoms with E-state index in [1.54, 1.807) is 25.3 Å². The van der Waals surface area contributed by atoms with Gasteiger partial charge in [-0.05, 0) is 24.3 Å². The average molecular weight is 383 g/mol. The Kier molecular flexibility index (Phi) is 7.32. The summed E-state index contributed by atoms with van der Waals surface area (Å²) in [5.41, 5.74) is 0. The molecule has 0 saturated carbocycles. The fourth-order valence-corrected chi connectivity index (χ4v) is 2.70. The van der Waals surface area contributed by atoms with Crippen molar-refractivity contribution in [2.75, 3.05) is 26.7 Å². The van der Waals surface area contributed by atoms with Crippen molar-refractivity contribution in [1.29, 1.82) is 0 Å². The minimum Gasteiger partial charge on any atom is -0.493 e. The van der Waals surface area contributed by atoms with Gasteiger partial charge in [-0.25, -0.2) is 0 Å². The lowest BCUT2D eigenvalue weighted by Gasteiger charge is -2.13. The first kappa shape index (κ1) is 20.1. The predicted octanol–water partition coefficient (Wildman–Crippen LogP) is 1.60. The molecule has 2 aromatic rings. The molecule has 1 fully saturated rings. The van der Waals surface area contributed by atoms with E-state index in [-0.39, 0.29) is 36.6 Å². The predicted molar refractivity (Wildman–Crippen MR) is 98.0 cm³/mol. The highest BCUT2D eigenvalue weighted by atomic mass is 35.5. The number of amides is 1. The molecule has 1 aliphatic heterocycles. The van der Waals surface area contributed by atoms with E-state index in [9.17, 15) is 9.90 Å². The number of methoxy groups -OCH3 is 1. The molecular formula is C18H23ClN2O5. The zero-order valence-corrected chi connectivity index (χ0v) is 15.3. The zero-order valence-electron chi connectivity index (χ0n) is 14.4. The Bertz CT molecular complexity index is 721. The first-order chi connectivity index (χ1) is 12.2. The van der Waals surface area contributed by atoms with Crippen molar-refractivity contribution in [2.24, 2.45) is 5.92 Å². The van der Waals surface area contributed by atoms with Gasteiger partial charge in [-0.2, -0.15) is 0 Å². The Hall–Kier alpha value is -2.22. The highest BCUT2D eigenvalue weighted by molar-refractivity contribution is 5.91. The minimum absolute atomic E-state index is 0. The lowest BCUT2D eigenvalue weighted by molar-refractivity contribution is 0.0895. The second-order valence-corrected chi connectivity index (χ2v) is 5.90. The molecule has 1 saturated heterocycles. The Morgan fingerprint density at radius 1 is 1.27 bits per heavy atom. The number of para-hydroxylation sites is 2. The van der Waals surface area contributed by atoms with Crippen LogP contribution in [0.2, 0.25) is 0 Å². The van der Waals surface area contributed by atoms with E-state index >= 15 is 0 Å². The molecule has 1 aliphatic rings. The number of hydrogen-bond donors (Lipinski definition) is 3. The molecule has 0 spiro atoms. The van der Waals surface area contributed by atoms with Crippen LogP contribution in [0.25, 0.3) is 0 Å². The molecule has 2 unspecified atom stereocenters. The van der Waals surface area contributed by atoms with Crippen LogP contribution in [0, 0.1) is 5.92 Å². The average Bonchev–Trinajstić information content (AvgIpc) is 3.27. The van der Waals surface area contributed by atoms with Crippen molar-refractivity contribution in [2.45, 2.75) is 12.7 Å². The summed E-state index contributed by atoms with van der Waals surface area (Å²) >= 11 is 0. The molecule has 8 heteroatoms. The van der Waals surface area contributed by atoms with E-state index in [2.05, 4.69) is 10.6 Å². The number of carbonyl (C=O) groups is 1. The molecule has 1 aromatic heterocycles. The van der Waals surface area contributed by atoms with E-state index < -0.39 is 6.10 Å². The topological polar surface area (TPSA) is 93.0 Å². The number of hydrogen-bond acceptors (Lipinski definition) is 6. The van der Waals surface area contributed by atoms with Crippen molar-refractivity contribution in [1.82, 2.24) is 10.6 Å². The van der Waals surface area contributed by atoms with Gasteiger partial charge in [0.05, 0.1) is 13.2 Å². The van der Waals surface area contributed by atoms with Gasteiger partial charge < -0.3 is 29.6 Å². The van der Waals surface area contributed by atoms with Gasteiger partial charge in [0.25, 0.3) is 5.91 Å². The van der Waals surface area contributed by atoms with Crippen molar-refractivity contribution >= 4 is 18.3 Å². The maximum absolute atomic E-state index is 12.1. The van der Waals surface area contributed by atoms with Gasteiger partial charge in [-0.1, -0.05) is 12.1 Å². The molecule has 1 amide bonds. The number of furan rings is 1. The Balaban J connectivity index is 0.00000243. The highest BCUT2D eigenvalue weighted by Crippen LogP contribution is 2.26. The first-order valence-electron chi connectivity index (χ1n) is 8.19. The molecule has 26 heavy (non-hydrogen) atoms. The molecule has 7 nitrogen and oxygen atoms in total. The van der Waals surface area contributed by atoms with Crippen LogP contribution in [0.4, 0.5) is 0 Å². The summed E-state index contributed by atoms with van der Waals surface area (Å²) in [6, 6.07) is 10.6. The second kappa shape index (κ2) is 9.47. The third-order valence-corrected chi connectivity index (χ3v) is 4.15. The fourth-order valence-electron chi connectivity index (χ4n) is 2.70. The van der Waals surface area contributed by atoms with Gasteiger partial charge in [0.2, 0.25) is 0 Å². The van der Waals surface area contributed by atoms with Crippen molar-refractivity contribution in [3.8, 4) is 11.5 Å². The summed E-state index contributed by atoms with van der Waals surface area (Å²) in [5.74, 6) is 1.72. The molecule has 0 bridgehead atoms. The molecule has 2 heterocycles. The molecule has 2 atom stereocenters. The molecule has 3 N–H and O–H groups in total. The quantitative estimate of drug-likeness (QED) is 0.673. The van der Waals surface area contributed by atoms with Crippen LogP contribution in [0.3, 0.4) is 0 Å². The first-order valence-corrected chi connectivity index (χ1v) is 8.19. The molecule has 142 valence electrons. The van der Waals surface area contributed by atoms with Crippen LogP contribution >= 0.6 is 12.4 Å². The van der Waals surface area contributed by atoms with E-state index in [0.717, 1.165) is 0 Å². The summed E-state index contributed by atoms with van der Waals surface area (Å²) in [6.45, 7) is 1.85. The smallest absolute Gasteiger partial charge is 0.287 e. The van der Waals surface area contributed by atoms with E-state index in [1.807, 2.05) is 18.2 Å². The fraction of sp³-hybridized carbons (Fsp3) is 0.389. The van der Waals surface area contributed by atoms with Gasteiger partial charge in [-0.3, -0.25) is 4.79 Å². The number of halogens is 1. The number of ether oxygens (including phenoxy) is 2. The largest absolute Gasteiger partial charge is 0.493 e. The van der Waals surface area contributed by atoms with Gasteiger partial charge >= 0.3 is 0 Å². The molecular weight excluding hydrogens is 360 g/mol. The summed E-state index contributed by atoms with van der Waals surface area (Å²) in [5, 5.41) is 15.6. The van der Waals surface area contributed by atoms with Crippen LogP contribution in [0.15, 0.2) is 40.8 Å². The van der Waals surface area contributed by atoms with Crippen molar-refractivity contribution in [3.05, 3.63) is 47.9 Å². The van der Waals surface area contributed by atoms with Crippen LogP contribution < -0.4 is 20.1 Å². The number of carbonyl (C=O) groups excluding carboxylic acids is 1. The summed E-state index contributed by atoms with van der Waals surface area (Å²) in [7, 11) is 1.58. The van der Waals surface area contributed by atoms with Crippen molar-refractivity contribution in [3.63, 3.8) is 0 Å². The second-order valence-electron chi connectivity index (χ2n) is 5.90. The molecule has 3 rings (SSSR count).